The highest BCUT2D eigenvalue weighted by Crippen LogP contribution is 2.25. The SMILES string of the molecule is O=C(O)c1ccc2c(NC3CCCCCC3)ncnc2c1. The van der Waals surface area contributed by atoms with Crippen LogP contribution in [0.25, 0.3) is 10.9 Å². The summed E-state index contributed by atoms with van der Waals surface area (Å²) in [6.45, 7) is 0. The zero-order valence-electron chi connectivity index (χ0n) is 11.9. The van der Waals surface area contributed by atoms with Crippen molar-refractivity contribution in [2.75, 3.05) is 5.32 Å². The van der Waals surface area contributed by atoms with E-state index in [9.17, 15) is 4.79 Å². The molecule has 5 nitrogen and oxygen atoms in total. The summed E-state index contributed by atoms with van der Waals surface area (Å²) >= 11 is 0. The van der Waals surface area contributed by atoms with E-state index in [0.717, 1.165) is 11.2 Å². The lowest BCUT2D eigenvalue weighted by atomic mass is 10.1. The Balaban J connectivity index is 1.89. The van der Waals surface area contributed by atoms with Gasteiger partial charge in [-0.25, -0.2) is 14.8 Å². The molecule has 1 aromatic heterocycles. The number of aromatic nitrogens is 2. The van der Waals surface area contributed by atoms with Gasteiger partial charge in [0.15, 0.2) is 0 Å². The van der Waals surface area contributed by atoms with Crippen LogP contribution in [0.4, 0.5) is 5.82 Å². The molecule has 1 aliphatic rings. The zero-order chi connectivity index (χ0) is 14.7. The first kappa shape index (κ1) is 13.8. The van der Waals surface area contributed by atoms with E-state index in [1.165, 1.54) is 44.9 Å². The minimum atomic E-state index is -0.936. The van der Waals surface area contributed by atoms with Crippen LogP contribution in [-0.2, 0) is 0 Å². The van der Waals surface area contributed by atoms with Gasteiger partial charge in [-0.05, 0) is 31.0 Å². The van der Waals surface area contributed by atoms with Crippen molar-refractivity contribution in [2.24, 2.45) is 0 Å². The molecule has 0 radical (unpaired) electrons. The first-order valence-electron chi connectivity index (χ1n) is 7.48. The molecule has 1 aromatic carbocycles. The highest BCUT2D eigenvalue weighted by atomic mass is 16.4. The molecular weight excluding hydrogens is 266 g/mol. The van der Waals surface area contributed by atoms with Gasteiger partial charge < -0.3 is 10.4 Å². The van der Waals surface area contributed by atoms with E-state index in [0.29, 0.717) is 11.6 Å². The van der Waals surface area contributed by atoms with E-state index in [-0.39, 0.29) is 5.56 Å². The number of hydrogen-bond acceptors (Lipinski definition) is 4. The van der Waals surface area contributed by atoms with Gasteiger partial charge in [0.25, 0.3) is 0 Å². The minimum absolute atomic E-state index is 0.251. The summed E-state index contributed by atoms with van der Waals surface area (Å²) in [6.07, 6.45) is 8.95. The number of nitrogens with one attached hydrogen (secondary N) is 1. The van der Waals surface area contributed by atoms with Crippen molar-refractivity contribution >= 4 is 22.7 Å². The molecular formula is C16H19N3O2. The Morgan fingerprint density at radius 3 is 2.62 bits per heavy atom. The van der Waals surface area contributed by atoms with E-state index in [4.69, 9.17) is 5.11 Å². The first-order chi connectivity index (χ1) is 10.2. The number of benzene rings is 1. The largest absolute Gasteiger partial charge is 0.478 e. The molecule has 2 N–H and O–H groups in total. The number of nitrogens with zero attached hydrogens (tertiary/aromatic N) is 2. The third kappa shape index (κ3) is 3.12. The Labute approximate surface area is 123 Å². The van der Waals surface area contributed by atoms with Gasteiger partial charge in [0.05, 0.1) is 11.1 Å². The molecule has 3 rings (SSSR count). The minimum Gasteiger partial charge on any atom is -0.478 e. The highest BCUT2D eigenvalue weighted by molar-refractivity contribution is 5.96. The maximum Gasteiger partial charge on any atom is 0.335 e. The van der Waals surface area contributed by atoms with Crippen LogP contribution in [0.3, 0.4) is 0 Å². The maximum atomic E-state index is 11.0. The average Bonchev–Trinajstić information content (AvgIpc) is 2.75. The van der Waals surface area contributed by atoms with Gasteiger partial charge >= 0.3 is 5.97 Å². The van der Waals surface area contributed by atoms with E-state index >= 15 is 0 Å². The average molecular weight is 285 g/mol. The van der Waals surface area contributed by atoms with Gasteiger partial charge in [-0.3, -0.25) is 0 Å². The highest BCUT2D eigenvalue weighted by Gasteiger charge is 2.14. The first-order valence-corrected chi connectivity index (χ1v) is 7.48. The lowest BCUT2D eigenvalue weighted by Gasteiger charge is -2.17. The fourth-order valence-corrected chi connectivity index (χ4v) is 2.92. The second-order valence-electron chi connectivity index (χ2n) is 5.59. The molecule has 0 amide bonds. The van der Waals surface area contributed by atoms with E-state index in [1.54, 1.807) is 18.2 Å². The summed E-state index contributed by atoms with van der Waals surface area (Å²) in [5, 5.41) is 13.4. The van der Waals surface area contributed by atoms with E-state index in [2.05, 4.69) is 15.3 Å². The van der Waals surface area contributed by atoms with Crippen molar-refractivity contribution in [1.29, 1.82) is 0 Å². The summed E-state index contributed by atoms with van der Waals surface area (Å²) in [7, 11) is 0. The van der Waals surface area contributed by atoms with Crippen molar-refractivity contribution in [2.45, 2.75) is 44.6 Å². The molecule has 1 heterocycles. The second-order valence-corrected chi connectivity index (χ2v) is 5.59. The molecule has 1 aliphatic carbocycles. The smallest absolute Gasteiger partial charge is 0.335 e. The van der Waals surface area contributed by atoms with Crippen LogP contribution in [-0.4, -0.2) is 27.1 Å². The van der Waals surface area contributed by atoms with Gasteiger partial charge in [-0.2, -0.15) is 0 Å². The van der Waals surface area contributed by atoms with Crippen LogP contribution in [0.5, 0.6) is 0 Å². The predicted octanol–water partition coefficient (Wildman–Crippen LogP) is 3.46. The standard InChI is InChI=1S/C16H19N3O2/c20-16(21)11-7-8-13-14(9-11)17-10-18-15(13)19-12-5-3-1-2-4-6-12/h7-10,12H,1-6H2,(H,20,21)(H,17,18,19). The van der Waals surface area contributed by atoms with Gasteiger partial charge in [-0.1, -0.05) is 25.7 Å². The summed E-state index contributed by atoms with van der Waals surface area (Å²) in [5.74, 6) is -0.127. The van der Waals surface area contributed by atoms with Crippen molar-refractivity contribution in [3.63, 3.8) is 0 Å². The Morgan fingerprint density at radius 1 is 1.14 bits per heavy atom. The van der Waals surface area contributed by atoms with Crippen molar-refractivity contribution in [3.8, 4) is 0 Å². The van der Waals surface area contributed by atoms with Crippen LogP contribution >= 0.6 is 0 Å². The Kier molecular flexibility index (Phi) is 3.99. The Bertz CT molecular complexity index is 649. The predicted molar refractivity (Wildman–Crippen MR) is 81.6 cm³/mol. The van der Waals surface area contributed by atoms with Crippen molar-refractivity contribution < 1.29 is 9.90 Å². The molecule has 0 saturated heterocycles. The van der Waals surface area contributed by atoms with E-state index in [1.807, 2.05) is 0 Å². The maximum absolute atomic E-state index is 11.0. The Morgan fingerprint density at radius 2 is 1.90 bits per heavy atom. The number of hydrogen-bond donors (Lipinski definition) is 2. The number of anilines is 1. The normalized spacial score (nSPS) is 16.6. The van der Waals surface area contributed by atoms with Crippen LogP contribution < -0.4 is 5.32 Å². The number of rotatable bonds is 3. The number of carboxylic acids is 1. The molecule has 0 aliphatic heterocycles. The molecule has 1 saturated carbocycles. The number of fused-ring (bicyclic) bond motifs is 1. The number of carbonyl (C=O) groups is 1. The van der Waals surface area contributed by atoms with E-state index < -0.39 is 5.97 Å². The van der Waals surface area contributed by atoms with Gasteiger partial charge in [0.1, 0.15) is 12.1 Å². The van der Waals surface area contributed by atoms with Crippen LogP contribution in [0.15, 0.2) is 24.5 Å². The van der Waals surface area contributed by atoms with Crippen LogP contribution in [0.2, 0.25) is 0 Å². The molecule has 21 heavy (non-hydrogen) atoms. The summed E-state index contributed by atoms with van der Waals surface area (Å²) < 4.78 is 0. The molecule has 2 aromatic rings. The fourth-order valence-electron chi connectivity index (χ4n) is 2.92. The topological polar surface area (TPSA) is 75.1 Å². The van der Waals surface area contributed by atoms with Gasteiger partial charge in [-0.15, -0.1) is 0 Å². The molecule has 0 spiro atoms. The van der Waals surface area contributed by atoms with Crippen molar-refractivity contribution in [1.82, 2.24) is 9.97 Å². The monoisotopic (exact) mass is 285 g/mol. The molecule has 0 bridgehead atoms. The van der Waals surface area contributed by atoms with Crippen LogP contribution in [0.1, 0.15) is 48.9 Å². The molecule has 110 valence electrons. The van der Waals surface area contributed by atoms with Gasteiger partial charge in [0, 0.05) is 11.4 Å². The molecule has 0 atom stereocenters. The quantitative estimate of drug-likeness (QED) is 0.845. The van der Waals surface area contributed by atoms with Crippen molar-refractivity contribution in [3.05, 3.63) is 30.1 Å². The number of aromatic carboxylic acids is 1. The molecule has 5 heteroatoms. The third-order valence-corrected chi connectivity index (χ3v) is 4.08. The summed E-state index contributed by atoms with van der Waals surface area (Å²) in [6, 6.07) is 5.44. The molecule has 1 fully saturated rings. The van der Waals surface area contributed by atoms with Crippen LogP contribution in [0, 0.1) is 0 Å². The summed E-state index contributed by atoms with van der Waals surface area (Å²) in [4.78, 5) is 19.5. The lowest BCUT2D eigenvalue weighted by Crippen LogP contribution is -2.19. The summed E-state index contributed by atoms with van der Waals surface area (Å²) in [5.41, 5.74) is 0.919. The van der Waals surface area contributed by atoms with Gasteiger partial charge in [0.2, 0.25) is 0 Å². The molecule has 0 unspecified atom stereocenters. The third-order valence-electron chi connectivity index (χ3n) is 4.08. The Hall–Kier alpha value is -2.17. The number of carboxylic acid groups (broad SMARTS) is 1. The fraction of sp³-hybridized carbons (Fsp3) is 0.438. The lowest BCUT2D eigenvalue weighted by molar-refractivity contribution is 0.0697. The second kappa shape index (κ2) is 6.08. The zero-order valence-corrected chi connectivity index (χ0v) is 11.9.